The van der Waals surface area contributed by atoms with Gasteiger partial charge >= 0.3 is 0 Å². The smallest absolute Gasteiger partial charge is 0.124 e. The SMILES string of the molecule is NNC(CSc1ccc(Br)cc1)Cc1ccc(F)cc1Br. The Balaban J connectivity index is 1.95. The molecule has 0 aromatic heterocycles. The first kappa shape index (κ1) is 17.0. The molecule has 0 bridgehead atoms. The molecule has 0 saturated carbocycles. The zero-order chi connectivity index (χ0) is 15.2. The van der Waals surface area contributed by atoms with E-state index in [1.54, 1.807) is 17.8 Å². The van der Waals surface area contributed by atoms with Gasteiger partial charge in [0.25, 0.3) is 0 Å². The standard InChI is InChI=1S/C15H15Br2FN2S/c16-11-2-5-14(6-3-11)21-9-13(20-19)7-10-1-4-12(18)8-15(10)17/h1-6,8,13,20H,7,9,19H2. The molecule has 1 unspecified atom stereocenters. The second-order valence-electron chi connectivity index (χ2n) is 4.57. The van der Waals surface area contributed by atoms with Crippen molar-refractivity contribution in [2.24, 2.45) is 5.84 Å². The highest BCUT2D eigenvalue weighted by atomic mass is 79.9. The van der Waals surface area contributed by atoms with Crippen molar-refractivity contribution < 1.29 is 4.39 Å². The maximum atomic E-state index is 13.1. The summed E-state index contributed by atoms with van der Waals surface area (Å²) in [6.45, 7) is 0. The second-order valence-corrected chi connectivity index (χ2v) is 7.43. The number of benzene rings is 2. The Morgan fingerprint density at radius 2 is 1.86 bits per heavy atom. The number of hydrazine groups is 1. The highest BCUT2D eigenvalue weighted by Gasteiger charge is 2.11. The molecule has 0 aliphatic heterocycles. The van der Waals surface area contributed by atoms with Gasteiger partial charge in [0.2, 0.25) is 0 Å². The van der Waals surface area contributed by atoms with Crippen molar-refractivity contribution in [3.8, 4) is 0 Å². The molecule has 1 atom stereocenters. The normalized spacial score (nSPS) is 12.4. The largest absolute Gasteiger partial charge is 0.271 e. The molecule has 2 nitrogen and oxygen atoms in total. The van der Waals surface area contributed by atoms with Gasteiger partial charge in [0.05, 0.1) is 0 Å². The maximum Gasteiger partial charge on any atom is 0.124 e. The van der Waals surface area contributed by atoms with Gasteiger partial charge < -0.3 is 0 Å². The number of nitrogens with two attached hydrogens (primary N) is 1. The van der Waals surface area contributed by atoms with E-state index in [-0.39, 0.29) is 11.9 Å². The fourth-order valence-electron chi connectivity index (χ4n) is 1.85. The van der Waals surface area contributed by atoms with E-state index < -0.39 is 0 Å². The number of halogens is 3. The quantitative estimate of drug-likeness (QED) is 0.399. The molecule has 3 N–H and O–H groups in total. The van der Waals surface area contributed by atoms with Crippen LogP contribution in [0.2, 0.25) is 0 Å². The summed E-state index contributed by atoms with van der Waals surface area (Å²) in [5.74, 6) is 6.22. The Labute approximate surface area is 144 Å². The van der Waals surface area contributed by atoms with E-state index in [1.165, 1.54) is 17.0 Å². The first-order chi connectivity index (χ1) is 10.1. The summed E-state index contributed by atoms with van der Waals surface area (Å²) in [4.78, 5) is 1.19. The summed E-state index contributed by atoms with van der Waals surface area (Å²) in [7, 11) is 0. The molecular formula is C15H15Br2FN2S. The zero-order valence-electron chi connectivity index (χ0n) is 11.2. The van der Waals surface area contributed by atoms with Gasteiger partial charge in [0.1, 0.15) is 5.82 Å². The van der Waals surface area contributed by atoms with Gasteiger partial charge in [-0.3, -0.25) is 11.3 Å². The Hall–Kier alpha value is -0.400. The number of thioether (sulfide) groups is 1. The molecule has 112 valence electrons. The van der Waals surface area contributed by atoms with Crippen molar-refractivity contribution >= 4 is 43.6 Å². The van der Waals surface area contributed by atoms with Crippen molar-refractivity contribution in [2.45, 2.75) is 17.4 Å². The van der Waals surface area contributed by atoms with Crippen molar-refractivity contribution in [3.05, 3.63) is 62.8 Å². The molecule has 0 aliphatic carbocycles. The minimum atomic E-state index is -0.243. The molecule has 0 amide bonds. The fraction of sp³-hybridized carbons (Fsp3) is 0.200. The number of rotatable bonds is 6. The lowest BCUT2D eigenvalue weighted by atomic mass is 10.1. The number of hydrogen-bond donors (Lipinski definition) is 2. The molecule has 21 heavy (non-hydrogen) atoms. The first-order valence-electron chi connectivity index (χ1n) is 6.37. The van der Waals surface area contributed by atoms with Crippen molar-refractivity contribution in [1.82, 2.24) is 5.43 Å². The van der Waals surface area contributed by atoms with Crippen LogP contribution < -0.4 is 11.3 Å². The molecule has 2 rings (SSSR count). The van der Waals surface area contributed by atoms with Gasteiger partial charge in [0, 0.05) is 25.6 Å². The summed E-state index contributed by atoms with van der Waals surface area (Å²) in [6, 6.07) is 13.0. The fourth-order valence-corrected chi connectivity index (χ4v) is 3.56. The number of nitrogens with one attached hydrogen (secondary N) is 1. The minimum absolute atomic E-state index is 0.111. The van der Waals surface area contributed by atoms with Crippen LogP contribution in [0.5, 0.6) is 0 Å². The average molecular weight is 434 g/mol. The van der Waals surface area contributed by atoms with Crippen LogP contribution in [0, 0.1) is 5.82 Å². The van der Waals surface area contributed by atoms with Crippen LogP contribution in [0.3, 0.4) is 0 Å². The van der Waals surface area contributed by atoms with Crippen LogP contribution in [-0.4, -0.2) is 11.8 Å². The predicted octanol–water partition coefficient (Wildman–Crippen LogP) is 4.52. The zero-order valence-corrected chi connectivity index (χ0v) is 15.1. The lowest BCUT2D eigenvalue weighted by Crippen LogP contribution is -2.38. The van der Waals surface area contributed by atoms with Gasteiger partial charge in [-0.05, 0) is 48.4 Å². The molecule has 2 aromatic rings. The Bertz CT molecular complexity index is 593. The van der Waals surface area contributed by atoms with Gasteiger partial charge in [-0.15, -0.1) is 11.8 Å². The summed E-state index contributed by atoms with van der Waals surface area (Å²) in [6.07, 6.45) is 0.737. The third kappa shape index (κ3) is 5.38. The highest BCUT2D eigenvalue weighted by molar-refractivity contribution is 9.10. The molecule has 6 heteroatoms. The van der Waals surface area contributed by atoms with Crippen LogP contribution in [0.1, 0.15) is 5.56 Å². The van der Waals surface area contributed by atoms with Gasteiger partial charge in [-0.2, -0.15) is 0 Å². The van der Waals surface area contributed by atoms with E-state index in [4.69, 9.17) is 5.84 Å². The summed E-state index contributed by atoms with van der Waals surface area (Å²) >= 11 is 8.55. The van der Waals surface area contributed by atoms with Crippen LogP contribution in [0.25, 0.3) is 0 Å². The molecule has 2 aromatic carbocycles. The van der Waals surface area contributed by atoms with E-state index in [2.05, 4.69) is 49.4 Å². The topological polar surface area (TPSA) is 38.0 Å². The van der Waals surface area contributed by atoms with E-state index in [0.717, 1.165) is 26.7 Å². The van der Waals surface area contributed by atoms with E-state index in [0.29, 0.717) is 0 Å². The molecule has 0 fully saturated rings. The third-order valence-electron chi connectivity index (χ3n) is 2.98. The van der Waals surface area contributed by atoms with Crippen molar-refractivity contribution in [3.63, 3.8) is 0 Å². The van der Waals surface area contributed by atoms with Gasteiger partial charge in [-0.1, -0.05) is 37.9 Å². The molecule has 0 spiro atoms. The molecule has 0 heterocycles. The van der Waals surface area contributed by atoms with Crippen LogP contribution in [0.15, 0.2) is 56.3 Å². The monoisotopic (exact) mass is 432 g/mol. The molecule has 0 saturated heterocycles. The predicted molar refractivity (Wildman–Crippen MR) is 93.8 cm³/mol. The van der Waals surface area contributed by atoms with E-state index in [9.17, 15) is 4.39 Å². The molecule has 0 aliphatic rings. The lowest BCUT2D eigenvalue weighted by Gasteiger charge is -2.16. The van der Waals surface area contributed by atoms with Crippen LogP contribution >= 0.6 is 43.6 Å². The second kappa shape index (κ2) is 8.29. The summed E-state index contributed by atoms with van der Waals surface area (Å²) in [5, 5.41) is 0. The average Bonchev–Trinajstić information content (AvgIpc) is 2.47. The summed E-state index contributed by atoms with van der Waals surface area (Å²) < 4.78 is 14.9. The number of hydrogen-bond acceptors (Lipinski definition) is 3. The Kier molecular flexibility index (Phi) is 6.70. The Morgan fingerprint density at radius 1 is 1.14 bits per heavy atom. The maximum absolute atomic E-state index is 13.1. The minimum Gasteiger partial charge on any atom is -0.271 e. The highest BCUT2D eigenvalue weighted by Crippen LogP contribution is 2.24. The van der Waals surface area contributed by atoms with E-state index >= 15 is 0 Å². The van der Waals surface area contributed by atoms with Crippen LogP contribution in [0.4, 0.5) is 4.39 Å². The third-order valence-corrected chi connectivity index (χ3v) is 5.42. The van der Waals surface area contributed by atoms with E-state index in [1.807, 2.05) is 12.1 Å². The summed E-state index contributed by atoms with van der Waals surface area (Å²) in [5.41, 5.74) is 3.87. The van der Waals surface area contributed by atoms with Crippen molar-refractivity contribution in [2.75, 3.05) is 5.75 Å². The van der Waals surface area contributed by atoms with Crippen molar-refractivity contribution in [1.29, 1.82) is 0 Å². The molecular weight excluding hydrogens is 419 g/mol. The Morgan fingerprint density at radius 3 is 2.48 bits per heavy atom. The van der Waals surface area contributed by atoms with Gasteiger partial charge in [0.15, 0.2) is 0 Å². The first-order valence-corrected chi connectivity index (χ1v) is 8.94. The van der Waals surface area contributed by atoms with Crippen LogP contribution in [-0.2, 0) is 6.42 Å². The molecule has 0 radical (unpaired) electrons. The van der Waals surface area contributed by atoms with Gasteiger partial charge in [-0.25, -0.2) is 4.39 Å². The lowest BCUT2D eigenvalue weighted by molar-refractivity contribution is 0.572.